The van der Waals surface area contributed by atoms with Gasteiger partial charge in [-0.1, -0.05) is 6.07 Å². The maximum atomic E-state index is 12.1. The Labute approximate surface area is 120 Å². The molecule has 0 bridgehead atoms. The van der Waals surface area contributed by atoms with Gasteiger partial charge in [0, 0.05) is 11.9 Å². The van der Waals surface area contributed by atoms with Gasteiger partial charge in [-0.05, 0) is 60.5 Å². The normalized spacial score (nSPS) is 11.4. The van der Waals surface area contributed by atoms with Crippen LogP contribution >= 0.6 is 15.9 Å². The van der Waals surface area contributed by atoms with Gasteiger partial charge in [0.15, 0.2) is 10.4 Å². The Morgan fingerprint density at radius 2 is 2.05 bits per heavy atom. The molecule has 100 valence electrons. The fourth-order valence-corrected chi connectivity index (χ4v) is 2.00. The molecule has 0 radical (unpaired) electrons. The van der Waals surface area contributed by atoms with Crippen molar-refractivity contribution in [1.29, 1.82) is 0 Å². The predicted molar refractivity (Wildman–Crippen MR) is 75.9 cm³/mol. The van der Waals surface area contributed by atoms with Crippen molar-refractivity contribution in [3.63, 3.8) is 0 Å². The molecule has 2 aromatic rings. The first-order chi connectivity index (χ1) is 8.88. The Morgan fingerprint density at radius 3 is 2.58 bits per heavy atom. The number of aromatic nitrogens is 1. The van der Waals surface area contributed by atoms with Crippen molar-refractivity contribution in [2.24, 2.45) is 0 Å². The van der Waals surface area contributed by atoms with E-state index in [0.29, 0.717) is 4.67 Å². The average Bonchev–Trinajstić information content (AvgIpc) is 2.76. The zero-order valence-corrected chi connectivity index (χ0v) is 12.6. The van der Waals surface area contributed by atoms with Crippen LogP contribution in [0.3, 0.4) is 0 Å². The molecule has 0 aliphatic rings. The fourth-order valence-electron chi connectivity index (χ4n) is 1.69. The number of carbonyl (C=O) groups excluding carboxylic acids is 1. The molecule has 0 saturated heterocycles. The van der Waals surface area contributed by atoms with Crippen LogP contribution in [0.2, 0.25) is 0 Å². The molecule has 0 atom stereocenters. The molecule has 0 aromatic carbocycles. The van der Waals surface area contributed by atoms with Gasteiger partial charge in [0.25, 0.3) is 5.91 Å². The number of amides is 1. The highest BCUT2D eigenvalue weighted by molar-refractivity contribution is 9.10. The third-order valence-electron chi connectivity index (χ3n) is 2.86. The van der Waals surface area contributed by atoms with Crippen LogP contribution in [0.1, 0.15) is 35.7 Å². The van der Waals surface area contributed by atoms with E-state index in [2.05, 4.69) is 26.2 Å². The van der Waals surface area contributed by atoms with Crippen LogP contribution in [0.25, 0.3) is 0 Å². The molecule has 5 heteroatoms. The van der Waals surface area contributed by atoms with Crippen LogP contribution in [-0.4, -0.2) is 10.9 Å². The predicted octanol–water partition coefficient (Wildman–Crippen LogP) is 3.41. The van der Waals surface area contributed by atoms with Crippen molar-refractivity contribution >= 4 is 21.8 Å². The van der Waals surface area contributed by atoms with Gasteiger partial charge >= 0.3 is 0 Å². The molecular formula is C14H15BrN2O2. The molecule has 1 N–H and O–H groups in total. The number of carbonyl (C=O) groups is 1. The first kappa shape index (κ1) is 13.8. The molecule has 1 amide bonds. The second kappa shape index (κ2) is 5.17. The van der Waals surface area contributed by atoms with Gasteiger partial charge in [-0.3, -0.25) is 9.78 Å². The second-order valence-corrected chi connectivity index (χ2v) is 5.65. The smallest absolute Gasteiger partial charge is 0.287 e. The molecule has 0 saturated carbocycles. The van der Waals surface area contributed by atoms with E-state index in [1.54, 1.807) is 18.3 Å². The minimum atomic E-state index is -0.517. The summed E-state index contributed by atoms with van der Waals surface area (Å²) in [5.41, 5.74) is 1.37. The summed E-state index contributed by atoms with van der Waals surface area (Å²) in [5, 5.41) is 2.93. The van der Waals surface area contributed by atoms with Crippen molar-refractivity contribution in [3.05, 3.63) is 52.1 Å². The molecular weight excluding hydrogens is 308 g/mol. The lowest BCUT2D eigenvalue weighted by Crippen LogP contribution is -2.40. The van der Waals surface area contributed by atoms with E-state index in [4.69, 9.17) is 4.42 Å². The van der Waals surface area contributed by atoms with Crippen molar-refractivity contribution in [3.8, 4) is 0 Å². The van der Waals surface area contributed by atoms with E-state index < -0.39 is 5.54 Å². The lowest BCUT2D eigenvalue weighted by atomic mass is 9.95. The monoisotopic (exact) mass is 322 g/mol. The number of furan rings is 1. The minimum Gasteiger partial charge on any atom is -0.444 e. The van der Waals surface area contributed by atoms with Gasteiger partial charge in [0.05, 0.1) is 5.54 Å². The van der Waals surface area contributed by atoms with Crippen LogP contribution in [0, 0.1) is 6.92 Å². The topological polar surface area (TPSA) is 55.1 Å². The zero-order chi connectivity index (χ0) is 14.0. The number of halogens is 1. The van der Waals surface area contributed by atoms with E-state index in [1.165, 1.54) is 0 Å². The molecule has 0 aliphatic heterocycles. The highest BCUT2D eigenvalue weighted by atomic mass is 79.9. The number of aryl methyl sites for hydroxylation is 1. The Morgan fingerprint density at radius 1 is 1.32 bits per heavy atom. The lowest BCUT2D eigenvalue weighted by molar-refractivity contribution is 0.0882. The fraction of sp³-hybridized carbons (Fsp3) is 0.286. The van der Waals surface area contributed by atoms with Gasteiger partial charge in [-0.15, -0.1) is 0 Å². The van der Waals surface area contributed by atoms with E-state index in [-0.39, 0.29) is 11.7 Å². The van der Waals surface area contributed by atoms with Gasteiger partial charge in [-0.25, -0.2) is 0 Å². The summed E-state index contributed by atoms with van der Waals surface area (Å²) in [6, 6.07) is 7.20. The molecule has 2 aromatic heterocycles. The number of pyridine rings is 1. The number of nitrogens with zero attached hydrogens (tertiary/aromatic N) is 1. The highest BCUT2D eigenvalue weighted by Gasteiger charge is 2.25. The van der Waals surface area contributed by atoms with Gasteiger partial charge in [0.2, 0.25) is 0 Å². The second-order valence-electron chi connectivity index (χ2n) is 4.87. The molecule has 2 rings (SSSR count). The number of hydrogen-bond donors (Lipinski definition) is 1. The van der Waals surface area contributed by atoms with E-state index in [1.807, 2.05) is 32.9 Å². The Balaban J connectivity index is 2.17. The summed E-state index contributed by atoms with van der Waals surface area (Å²) < 4.78 is 5.77. The van der Waals surface area contributed by atoms with Gasteiger partial charge in [-0.2, -0.15) is 0 Å². The van der Waals surface area contributed by atoms with Crippen molar-refractivity contribution < 1.29 is 9.21 Å². The maximum absolute atomic E-state index is 12.1. The van der Waals surface area contributed by atoms with Gasteiger partial charge < -0.3 is 9.73 Å². The van der Waals surface area contributed by atoms with Crippen molar-refractivity contribution in [2.75, 3.05) is 0 Å². The number of nitrogens with one attached hydrogen (secondary N) is 1. The molecule has 0 fully saturated rings. The first-order valence-corrected chi connectivity index (χ1v) is 6.69. The number of hydrogen-bond acceptors (Lipinski definition) is 3. The van der Waals surface area contributed by atoms with E-state index in [9.17, 15) is 4.79 Å². The summed E-state index contributed by atoms with van der Waals surface area (Å²) in [7, 11) is 0. The molecule has 0 spiro atoms. The highest BCUT2D eigenvalue weighted by Crippen LogP contribution is 2.21. The molecule has 0 unspecified atom stereocenters. The zero-order valence-electron chi connectivity index (χ0n) is 11.0. The number of rotatable bonds is 3. The standard InChI is InChI=1S/C14H15BrN2O2/c1-9-4-5-10(8-16-9)14(2,3)17-13(18)11-6-7-12(15)19-11/h4-8H,1-3H3,(H,17,18). The van der Waals surface area contributed by atoms with E-state index >= 15 is 0 Å². The van der Waals surface area contributed by atoms with Crippen LogP contribution in [-0.2, 0) is 5.54 Å². The summed E-state index contributed by atoms with van der Waals surface area (Å²) in [6.07, 6.45) is 1.77. The van der Waals surface area contributed by atoms with Crippen molar-refractivity contribution in [2.45, 2.75) is 26.3 Å². The summed E-state index contributed by atoms with van der Waals surface area (Å²) >= 11 is 3.18. The molecule has 0 aliphatic carbocycles. The van der Waals surface area contributed by atoms with Gasteiger partial charge in [0.1, 0.15) is 0 Å². The Kier molecular flexibility index (Phi) is 3.75. The maximum Gasteiger partial charge on any atom is 0.287 e. The third-order valence-corrected chi connectivity index (χ3v) is 3.28. The molecule has 2 heterocycles. The van der Waals surface area contributed by atoms with Crippen molar-refractivity contribution in [1.82, 2.24) is 10.3 Å². The average molecular weight is 323 g/mol. The van der Waals surface area contributed by atoms with E-state index in [0.717, 1.165) is 11.3 Å². The first-order valence-electron chi connectivity index (χ1n) is 5.89. The lowest BCUT2D eigenvalue weighted by Gasteiger charge is -2.26. The largest absolute Gasteiger partial charge is 0.444 e. The van der Waals surface area contributed by atoms with Crippen LogP contribution in [0.4, 0.5) is 0 Å². The summed E-state index contributed by atoms with van der Waals surface area (Å²) in [5.74, 6) is 0.0243. The molecule has 19 heavy (non-hydrogen) atoms. The van der Waals surface area contributed by atoms with Crippen LogP contribution < -0.4 is 5.32 Å². The van der Waals surface area contributed by atoms with Crippen LogP contribution in [0.15, 0.2) is 39.5 Å². The SMILES string of the molecule is Cc1ccc(C(C)(C)NC(=O)c2ccc(Br)o2)cn1. The van der Waals surface area contributed by atoms with Crippen LogP contribution in [0.5, 0.6) is 0 Å². The Hall–Kier alpha value is -1.62. The minimum absolute atomic E-state index is 0.253. The quantitative estimate of drug-likeness (QED) is 0.942. The molecule has 4 nitrogen and oxygen atoms in total. The summed E-state index contributed by atoms with van der Waals surface area (Å²) in [6.45, 7) is 5.78. The Bertz CT molecular complexity index is 588. The summed E-state index contributed by atoms with van der Waals surface area (Å²) in [4.78, 5) is 16.3. The third kappa shape index (κ3) is 3.23.